The summed E-state index contributed by atoms with van der Waals surface area (Å²) < 4.78 is 10.9. The van der Waals surface area contributed by atoms with E-state index in [1.165, 1.54) is 0 Å². The summed E-state index contributed by atoms with van der Waals surface area (Å²) in [5.74, 6) is 0.815. The van der Waals surface area contributed by atoms with Gasteiger partial charge in [-0.15, -0.1) is 0 Å². The van der Waals surface area contributed by atoms with Crippen LogP contribution in [-0.2, 0) is 14.3 Å². The van der Waals surface area contributed by atoms with Crippen LogP contribution in [-0.4, -0.2) is 37.7 Å². The van der Waals surface area contributed by atoms with Crippen molar-refractivity contribution in [2.24, 2.45) is 5.92 Å². The van der Waals surface area contributed by atoms with Gasteiger partial charge in [-0.1, -0.05) is 13.8 Å². The van der Waals surface area contributed by atoms with Crippen molar-refractivity contribution in [3.8, 4) is 5.75 Å². The molecule has 2 aliphatic heterocycles. The minimum Gasteiger partial charge on any atom is -0.481 e. The molecule has 6 nitrogen and oxygen atoms in total. The molecule has 1 saturated heterocycles. The fraction of sp³-hybridized carbons (Fsp3) is 0.529. The lowest BCUT2D eigenvalue weighted by Crippen LogP contribution is -2.41. The summed E-state index contributed by atoms with van der Waals surface area (Å²) in [5, 5.41) is 2.85. The van der Waals surface area contributed by atoms with Crippen molar-refractivity contribution >= 4 is 23.2 Å². The molecule has 23 heavy (non-hydrogen) atoms. The number of hydrogen-bond donors (Lipinski definition) is 1. The van der Waals surface area contributed by atoms with Gasteiger partial charge in [0.15, 0.2) is 6.61 Å². The first-order chi connectivity index (χ1) is 11.0. The molecule has 2 amide bonds. The highest BCUT2D eigenvalue weighted by molar-refractivity contribution is 5.99. The molecule has 1 fully saturated rings. The third kappa shape index (κ3) is 3.47. The van der Waals surface area contributed by atoms with Gasteiger partial charge in [-0.05, 0) is 30.9 Å². The van der Waals surface area contributed by atoms with Gasteiger partial charge in [0.2, 0.25) is 0 Å². The van der Waals surface area contributed by atoms with Crippen molar-refractivity contribution in [2.45, 2.75) is 32.8 Å². The number of ether oxygens (including phenoxy) is 2. The predicted octanol–water partition coefficient (Wildman–Crippen LogP) is 2.19. The van der Waals surface area contributed by atoms with Crippen LogP contribution >= 0.6 is 0 Å². The molecule has 2 heterocycles. The summed E-state index contributed by atoms with van der Waals surface area (Å²) in [6.07, 6.45) is 1.30. The van der Waals surface area contributed by atoms with Gasteiger partial charge in [0.05, 0.1) is 5.69 Å². The van der Waals surface area contributed by atoms with E-state index in [0.717, 1.165) is 18.5 Å². The fourth-order valence-electron chi connectivity index (χ4n) is 2.85. The van der Waals surface area contributed by atoms with E-state index in [9.17, 15) is 9.59 Å². The lowest BCUT2D eigenvalue weighted by molar-refractivity contribution is -0.124. The quantitative estimate of drug-likeness (QED) is 0.924. The second-order valence-electron chi connectivity index (χ2n) is 6.36. The Balaban J connectivity index is 1.76. The van der Waals surface area contributed by atoms with Crippen LogP contribution in [0.2, 0.25) is 0 Å². The molecule has 0 saturated carbocycles. The molecule has 2 aliphatic rings. The Morgan fingerprint density at radius 1 is 1.43 bits per heavy atom. The number of carbonyl (C=O) groups is 2. The molecule has 0 aromatic heterocycles. The second-order valence-corrected chi connectivity index (χ2v) is 6.36. The standard InChI is InChI=1S/C17H22N2O4/c1-11(2)9-19-13-6-5-12(8-15(13)23-10-16(19)20)18-17(21)14-4-3-7-22-14/h5-6,8,11,14H,3-4,7,9-10H2,1-2H3,(H,18,21). The van der Waals surface area contributed by atoms with Crippen molar-refractivity contribution in [3.63, 3.8) is 0 Å². The summed E-state index contributed by atoms with van der Waals surface area (Å²) in [6.45, 7) is 5.45. The van der Waals surface area contributed by atoms with Crippen LogP contribution in [0.3, 0.4) is 0 Å². The molecule has 0 radical (unpaired) electrons. The summed E-state index contributed by atoms with van der Waals surface area (Å²) in [7, 11) is 0. The Bertz CT molecular complexity index is 609. The first kappa shape index (κ1) is 15.8. The maximum Gasteiger partial charge on any atom is 0.265 e. The molecule has 6 heteroatoms. The number of nitrogens with one attached hydrogen (secondary N) is 1. The molecule has 0 spiro atoms. The minimum absolute atomic E-state index is 0.0306. The van der Waals surface area contributed by atoms with Crippen LogP contribution in [0.5, 0.6) is 5.75 Å². The molecule has 1 N–H and O–H groups in total. The zero-order chi connectivity index (χ0) is 16.4. The molecule has 1 unspecified atom stereocenters. The third-order valence-electron chi connectivity index (χ3n) is 3.94. The van der Waals surface area contributed by atoms with E-state index in [1.54, 1.807) is 17.0 Å². The second kappa shape index (κ2) is 6.58. The van der Waals surface area contributed by atoms with Crippen molar-refractivity contribution in [3.05, 3.63) is 18.2 Å². The Hall–Kier alpha value is -2.08. The summed E-state index contributed by atoms with van der Waals surface area (Å²) in [4.78, 5) is 25.9. The van der Waals surface area contributed by atoms with Gasteiger partial charge in [0.1, 0.15) is 11.9 Å². The van der Waals surface area contributed by atoms with E-state index in [1.807, 2.05) is 6.07 Å². The topological polar surface area (TPSA) is 67.9 Å². The largest absolute Gasteiger partial charge is 0.481 e. The number of carbonyl (C=O) groups excluding carboxylic acids is 2. The van der Waals surface area contributed by atoms with E-state index in [0.29, 0.717) is 30.5 Å². The zero-order valence-corrected chi connectivity index (χ0v) is 13.5. The molecule has 1 atom stereocenters. The predicted molar refractivity (Wildman–Crippen MR) is 86.7 cm³/mol. The van der Waals surface area contributed by atoms with Gasteiger partial charge in [-0.3, -0.25) is 9.59 Å². The highest BCUT2D eigenvalue weighted by atomic mass is 16.5. The molecule has 3 rings (SSSR count). The smallest absolute Gasteiger partial charge is 0.265 e. The summed E-state index contributed by atoms with van der Waals surface area (Å²) in [5.41, 5.74) is 1.41. The van der Waals surface area contributed by atoms with Crippen LogP contribution < -0.4 is 15.0 Å². The van der Waals surface area contributed by atoms with E-state index in [4.69, 9.17) is 9.47 Å². The molecule has 0 bridgehead atoms. The summed E-state index contributed by atoms with van der Waals surface area (Å²) in [6, 6.07) is 5.38. The monoisotopic (exact) mass is 318 g/mol. The Kier molecular flexibility index (Phi) is 4.52. The fourth-order valence-corrected chi connectivity index (χ4v) is 2.85. The number of fused-ring (bicyclic) bond motifs is 1. The maximum atomic E-state index is 12.1. The van der Waals surface area contributed by atoms with Crippen LogP contribution in [0.1, 0.15) is 26.7 Å². The molecule has 1 aromatic carbocycles. The first-order valence-corrected chi connectivity index (χ1v) is 8.04. The number of hydrogen-bond acceptors (Lipinski definition) is 4. The van der Waals surface area contributed by atoms with Gasteiger partial charge < -0.3 is 19.7 Å². The number of nitrogens with zero attached hydrogens (tertiary/aromatic N) is 1. The molecule has 1 aromatic rings. The van der Waals surface area contributed by atoms with E-state index < -0.39 is 0 Å². The average molecular weight is 318 g/mol. The summed E-state index contributed by atoms with van der Waals surface area (Å²) >= 11 is 0. The van der Waals surface area contributed by atoms with Gasteiger partial charge in [0.25, 0.3) is 11.8 Å². The molecule has 124 valence electrons. The Morgan fingerprint density at radius 3 is 2.96 bits per heavy atom. The van der Waals surface area contributed by atoms with Crippen molar-refractivity contribution in [1.29, 1.82) is 0 Å². The van der Waals surface area contributed by atoms with Crippen LogP contribution in [0.15, 0.2) is 18.2 Å². The van der Waals surface area contributed by atoms with Gasteiger partial charge >= 0.3 is 0 Å². The number of anilines is 2. The van der Waals surface area contributed by atoms with Gasteiger partial charge in [-0.2, -0.15) is 0 Å². The highest BCUT2D eigenvalue weighted by Gasteiger charge is 2.27. The van der Waals surface area contributed by atoms with Gasteiger partial charge in [-0.25, -0.2) is 0 Å². The Morgan fingerprint density at radius 2 is 2.26 bits per heavy atom. The molecular weight excluding hydrogens is 296 g/mol. The number of rotatable bonds is 4. The zero-order valence-electron chi connectivity index (χ0n) is 13.5. The van der Waals surface area contributed by atoms with E-state index >= 15 is 0 Å². The van der Waals surface area contributed by atoms with E-state index in [2.05, 4.69) is 19.2 Å². The van der Waals surface area contributed by atoms with Gasteiger partial charge in [0, 0.05) is 24.9 Å². The molecular formula is C17H22N2O4. The van der Waals surface area contributed by atoms with Crippen molar-refractivity contribution in [2.75, 3.05) is 30.0 Å². The maximum absolute atomic E-state index is 12.1. The Labute approximate surface area is 135 Å². The van der Waals surface area contributed by atoms with Crippen molar-refractivity contribution < 1.29 is 19.1 Å². The van der Waals surface area contributed by atoms with Crippen molar-refractivity contribution in [1.82, 2.24) is 0 Å². The number of amides is 2. The van der Waals surface area contributed by atoms with Crippen LogP contribution in [0.25, 0.3) is 0 Å². The highest BCUT2D eigenvalue weighted by Crippen LogP contribution is 2.35. The lowest BCUT2D eigenvalue weighted by Gasteiger charge is -2.31. The SMILES string of the molecule is CC(C)CN1C(=O)COc2cc(NC(=O)C3CCCO3)ccc21. The van der Waals surface area contributed by atoms with E-state index in [-0.39, 0.29) is 24.5 Å². The lowest BCUT2D eigenvalue weighted by atomic mass is 10.1. The average Bonchev–Trinajstić information content (AvgIpc) is 3.04. The van der Waals surface area contributed by atoms with Crippen LogP contribution in [0, 0.1) is 5.92 Å². The van der Waals surface area contributed by atoms with Crippen LogP contribution in [0.4, 0.5) is 11.4 Å². The first-order valence-electron chi connectivity index (χ1n) is 8.04. The third-order valence-corrected chi connectivity index (χ3v) is 3.94. The number of benzene rings is 1. The normalized spacial score (nSPS) is 20.4. The minimum atomic E-state index is -0.369. The molecule has 0 aliphatic carbocycles.